The van der Waals surface area contributed by atoms with Crippen molar-refractivity contribution in [2.45, 2.75) is 45.4 Å². The molecule has 0 bridgehead atoms. The van der Waals surface area contributed by atoms with E-state index in [1.54, 1.807) is 6.07 Å². The molecule has 2 aromatic rings. The van der Waals surface area contributed by atoms with Gasteiger partial charge in [0.1, 0.15) is 11.0 Å². The Morgan fingerprint density at radius 1 is 1.15 bits per heavy atom. The average molecular weight is 275 g/mol. The van der Waals surface area contributed by atoms with Crippen LogP contribution in [0.25, 0.3) is 11.0 Å². The van der Waals surface area contributed by atoms with Crippen molar-refractivity contribution >= 4 is 17.1 Å². The van der Waals surface area contributed by atoms with Crippen LogP contribution in [0.4, 0.5) is 4.79 Å². The summed E-state index contributed by atoms with van der Waals surface area (Å²) >= 11 is 0. The van der Waals surface area contributed by atoms with Crippen LogP contribution >= 0.6 is 0 Å². The number of carbonyl (C=O) groups is 1. The molecule has 0 fully saturated rings. The fourth-order valence-corrected chi connectivity index (χ4v) is 2.11. The molecule has 1 aromatic carbocycles. The number of fused-ring (bicyclic) bond motifs is 1. The van der Waals surface area contributed by atoms with E-state index in [0.717, 1.165) is 12.8 Å². The second-order valence-electron chi connectivity index (χ2n) is 4.87. The van der Waals surface area contributed by atoms with Crippen LogP contribution in [0.15, 0.2) is 24.3 Å². The average Bonchev–Trinajstić information content (AvgIpc) is 2.90. The summed E-state index contributed by atoms with van der Waals surface area (Å²) < 4.78 is 6.44. The zero-order chi connectivity index (χ0) is 14.2. The standard InChI is InChI=1S/C15H21N3O2/c1-2-3-4-5-6-9-12-20-15(19)18-14-11-8-7-10-13(14)16-17-18/h7-8,10-11H,2-6,9,12H2,1H3. The Kier molecular flexibility index (Phi) is 5.53. The summed E-state index contributed by atoms with van der Waals surface area (Å²) in [5.74, 6) is 0. The molecular weight excluding hydrogens is 254 g/mol. The van der Waals surface area contributed by atoms with Crippen LogP contribution in [0.5, 0.6) is 0 Å². The summed E-state index contributed by atoms with van der Waals surface area (Å²) in [5.41, 5.74) is 1.38. The van der Waals surface area contributed by atoms with Gasteiger partial charge in [-0.05, 0) is 18.6 Å². The van der Waals surface area contributed by atoms with Gasteiger partial charge in [-0.3, -0.25) is 0 Å². The first kappa shape index (κ1) is 14.5. The van der Waals surface area contributed by atoms with Crippen LogP contribution in [0, 0.1) is 0 Å². The fraction of sp³-hybridized carbons (Fsp3) is 0.533. The van der Waals surface area contributed by atoms with Crippen LogP contribution in [0.1, 0.15) is 45.4 Å². The van der Waals surface area contributed by atoms with E-state index in [-0.39, 0.29) is 0 Å². The summed E-state index contributed by atoms with van der Waals surface area (Å²) in [5, 5.41) is 7.76. The normalized spacial score (nSPS) is 10.8. The molecule has 0 amide bonds. The highest BCUT2D eigenvalue weighted by Gasteiger charge is 2.12. The number of carbonyl (C=O) groups excluding carboxylic acids is 1. The zero-order valence-electron chi connectivity index (χ0n) is 11.9. The van der Waals surface area contributed by atoms with Gasteiger partial charge in [-0.1, -0.05) is 56.4 Å². The lowest BCUT2D eigenvalue weighted by Crippen LogP contribution is -2.15. The Morgan fingerprint density at radius 3 is 2.75 bits per heavy atom. The van der Waals surface area contributed by atoms with Crippen molar-refractivity contribution in [1.82, 2.24) is 15.0 Å². The van der Waals surface area contributed by atoms with Crippen molar-refractivity contribution in [3.05, 3.63) is 24.3 Å². The van der Waals surface area contributed by atoms with Gasteiger partial charge < -0.3 is 4.74 Å². The van der Waals surface area contributed by atoms with Crippen LogP contribution in [0.3, 0.4) is 0 Å². The number of nitrogens with zero attached hydrogens (tertiary/aromatic N) is 3. The van der Waals surface area contributed by atoms with Gasteiger partial charge in [-0.15, -0.1) is 9.78 Å². The molecule has 5 heteroatoms. The minimum Gasteiger partial charge on any atom is -0.448 e. The Hall–Kier alpha value is -1.91. The molecule has 0 saturated carbocycles. The minimum atomic E-state index is -0.452. The number of unbranched alkanes of at least 4 members (excludes halogenated alkanes) is 5. The second kappa shape index (κ2) is 7.62. The molecule has 0 unspecified atom stereocenters. The predicted octanol–water partition coefficient (Wildman–Crippen LogP) is 3.78. The van der Waals surface area contributed by atoms with E-state index in [2.05, 4.69) is 17.2 Å². The van der Waals surface area contributed by atoms with Crippen molar-refractivity contribution < 1.29 is 9.53 Å². The van der Waals surface area contributed by atoms with Crippen LogP contribution in [-0.2, 0) is 4.74 Å². The quantitative estimate of drug-likeness (QED) is 0.722. The summed E-state index contributed by atoms with van der Waals surface area (Å²) in [6.45, 7) is 2.64. The molecule has 2 rings (SSSR count). The first-order chi connectivity index (χ1) is 9.83. The number of hydrogen-bond acceptors (Lipinski definition) is 4. The highest BCUT2D eigenvalue weighted by Crippen LogP contribution is 2.10. The third kappa shape index (κ3) is 3.79. The first-order valence-corrected chi connectivity index (χ1v) is 7.30. The van der Waals surface area contributed by atoms with Crippen molar-refractivity contribution in [1.29, 1.82) is 0 Å². The Balaban J connectivity index is 1.75. The predicted molar refractivity (Wildman–Crippen MR) is 77.7 cm³/mol. The second-order valence-corrected chi connectivity index (χ2v) is 4.87. The van der Waals surface area contributed by atoms with Gasteiger partial charge in [-0.2, -0.15) is 0 Å². The Labute approximate surface area is 118 Å². The molecule has 1 heterocycles. The largest absolute Gasteiger partial charge is 0.448 e. The third-order valence-electron chi connectivity index (χ3n) is 3.25. The fourth-order valence-electron chi connectivity index (χ4n) is 2.11. The monoisotopic (exact) mass is 275 g/mol. The van der Waals surface area contributed by atoms with Gasteiger partial charge in [-0.25, -0.2) is 4.79 Å². The van der Waals surface area contributed by atoms with E-state index < -0.39 is 6.09 Å². The summed E-state index contributed by atoms with van der Waals surface area (Å²) in [6, 6.07) is 7.34. The van der Waals surface area contributed by atoms with Gasteiger partial charge >= 0.3 is 6.09 Å². The molecule has 0 aliphatic carbocycles. The van der Waals surface area contributed by atoms with Gasteiger partial charge in [0.2, 0.25) is 0 Å². The van der Waals surface area contributed by atoms with E-state index >= 15 is 0 Å². The molecule has 5 nitrogen and oxygen atoms in total. The molecule has 0 saturated heterocycles. The molecule has 0 spiro atoms. The van der Waals surface area contributed by atoms with Crippen molar-refractivity contribution in [2.24, 2.45) is 0 Å². The topological polar surface area (TPSA) is 57.0 Å². The molecule has 0 N–H and O–H groups in total. The summed E-state index contributed by atoms with van der Waals surface area (Å²) in [7, 11) is 0. The van der Waals surface area contributed by atoms with Crippen molar-refractivity contribution in [3.63, 3.8) is 0 Å². The molecular formula is C15H21N3O2. The van der Waals surface area contributed by atoms with E-state index in [9.17, 15) is 4.79 Å². The minimum absolute atomic E-state index is 0.444. The van der Waals surface area contributed by atoms with Crippen LogP contribution in [0.2, 0.25) is 0 Å². The number of benzene rings is 1. The van der Waals surface area contributed by atoms with Crippen LogP contribution < -0.4 is 0 Å². The lowest BCUT2D eigenvalue weighted by Gasteiger charge is -2.04. The highest BCUT2D eigenvalue weighted by molar-refractivity contribution is 5.84. The highest BCUT2D eigenvalue weighted by atomic mass is 16.6. The number of rotatable bonds is 7. The van der Waals surface area contributed by atoms with E-state index in [0.29, 0.717) is 17.6 Å². The smallest absolute Gasteiger partial charge is 0.436 e. The molecule has 0 radical (unpaired) electrons. The SMILES string of the molecule is CCCCCCCCOC(=O)n1nnc2ccccc21. The molecule has 0 aliphatic rings. The zero-order valence-corrected chi connectivity index (χ0v) is 11.9. The maximum Gasteiger partial charge on any atom is 0.436 e. The lowest BCUT2D eigenvalue weighted by molar-refractivity contribution is 0.142. The molecule has 0 atom stereocenters. The third-order valence-corrected chi connectivity index (χ3v) is 3.25. The summed E-state index contributed by atoms with van der Waals surface area (Å²) in [4.78, 5) is 11.9. The van der Waals surface area contributed by atoms with E-state index in [1.807, 2.05) is 18.2 Å². The van der Waals surface area contributed by atoms with Gasteiger partial charge in [0.05, 0.1) is 6.61 Å². The molecule has 108 valence electrons. The van der Waals surface area contributed by atoms with Crippen molar-refractivity contribution in [3.8, 4) is 0 Å². The van der Waals surface area contributed by atoms with Crippen molar-refractivity contribution in [2.75, 3.05) is 6.61 Å². The number of ether oxygens (including phenoxy) is 1. The van der Waals surface area contributed by atoms with E-state index in [4.69, 9.17) is 4.74 Å². The molecule has 20 heavy (non-hydrogen) atoms. The molecule has 0 aliphatic heterocycles. The molecule has 1 aromatic heterocycles. The van der Waals surface area contributed by atoms with Gasteiger partial charge in [0.25, 0.3) is 0 Å². The maximum atomic E-state index is 11.9. The number of aromatic nitrogens is 3. The maximum absolute atomic E-state index is 11.9. The van der Waals surface area contributed by atoms with E-state index in [1.165, 1.54) is 30.4 Å². The van der Waals surface area contributed by atoms with Gasteiger partial charge in [0.15, 0.2) is 0 Å². The van der Waals surface area contributed by atoms with Gasteiger partial charge in [0, 0.05) is 0 Å². The lowest BCUT2D eigenvalue weighted by atomic mass is 10.1. The Morgan fingerprint density at radius 2 is 1.90 bits per heavy atom. The summed E-state index contributed by atoms with van der Waals surface area (Å²) in [6.07, 6.45) is 6.55. The first-order valence-electron chi connectivity index (χ1n) is 7.30. The number of hydrogen-bond donors (Lipinski definition) is 0. The number of para-hydroxylation sites is 1. The van der Waals surface area contributed by atoms with Crippen LogP contribution in [-0.4, -0.2) is 27.7 Å². The Bertz CT molecular complexity index is 551.